The predicted octanol–water partition coefficient (Wildman–Crippen LogP) is 1.46. The molecular formula is C13H20N2O2. The number of hydrogen-bond donors (Lipinski definition) is 2. The van der Waals surface area contributed by atoms with E-state index in [4.69, 9.17) is 15.2 Å². The molecule has 4 heteroatoms. The second-order valence-electron chi connectivity index (χ2n) is 4.34. The van der Waals surface area contributed by atoms with Crippen LogP contribution in [0.1, 0.15) is 24.4 Å². The fourth-order valence-corrected chi connectivity index (χ4v) is 2.33. The fraction of sp³-hybridized carbons (Fsp3) is 0.538. The predicted molar refractivity (Wildman–Crippen MR) is 67.5 cm³/mol. The van der Waals surface area contributed by atoms with E-state index in [1.165, 1.54) is 6.42 Å². The molecule has 0 aromatic heterocycles. The van der Waals surface area contributed by atoms with Gasteiger partial charge < -0.3 is 20.5 Å². The van der Waals surface area contributed by atoms with Crippen molar-refractivity contribution in [1.82, 2.24) is 5.32 Å². The van der Waals surface area contributed by atoms with E-state index in [9.17, 15) is 0 Å². The number of benzene rings is 1. The molecule has 1 saturated heterocycles. The smallest absolute Gasteiger partial charge is 0.127 e. The molecule has 0 spiro atoms. The molecule has 0 bridgehead atoms. The quantitative estimate of drug-likeness (QED) is 0.831. The summed E-state index contributed by atoms with van der Waals surface area (Å²) in [5.41, 5.74) is 7.32. The van der Waals surface area contributed by atoms with Gasteiger partial charge in [0.1, 0.15) is 11.5 Å². The highest BCUT2D eigenvalue weighted by atomic mass is 16.5. The molecule has 0 aliphatic carbocycles. The maximum absolute atomic E-state index is 6.28. The summed E-state index contributed by atoms with van der Waals surface area (Å²) in [6.45, 7) is 1.05. The van der Waals surface area contributed by atoms with Crippen molar-refractivity contribution >= 4 is 0 Å². The third-order valence-corrected chi connectivity index (χ3v) is 3.33. The standard InChI is InChI=1S/C13H20N2O2/c1-16-9-5-6-10(12(8-9)17-2)13(14)11-4-3-7-15-11/h5-6,8,11,13,15H,3-4,7,14H2,1-2H3. The summed E-state index contributed by atoms with van der Waals surface area (Å²) in [6, 6.07) is 6.11. The summed E-state index contributed by atoms with van der Waals surface area (Å²) in [7, 11) is 3.31. The van der Waals surface area contributed by atoms with E-state index in [1.54, 1.807) is 14.2 Å². The summed E-state index contributed by atoms with van der Waals surface area (Å²) >= 11 is 0. The van der Waals surface area contributed by atoms with Gasteiger partial charge in [-0.25, -0.2) is 0 Å². The molecular weight excluding hydrogens is 216 g/mol. The van der Waals surface area contributed by atoms with Crippen LogP contribution in [0.2, 0.25) is 0 Å². The highest BCUT2D eigenvalue weighted by Gasteiger charge is 2.25. The van der Waals surface area contributed by atoms with Crippen LogP contribution in [-0.2, 0) is 0 Å². The van der Waals surface area contributed by atoms with Gasteiger partial charge in [0, 0.05) is 23.7 Å². The van der Waals surface area contributed by atoms with E-state index in [1.807, 2.05) is 18.2 Å². The number of ether oxygens (including phenoxy) is 2. The van der Waals surface area contributed by atoms with Gasteiger partial charge in [0.25, 0.3) is 0 Å². The monoisotopic (exact) mass is 236 g/mol. The van der Waals surface area contributed by atoms with E-state index in [0.717, 1.165) is 30.0 Å². The Morgan fingerprint density at radius 2 is 2.18 bits per heavy atom. The molecule has 2 unspecified atom stereocenters. The fourth-order valence-electron chi connectivity index (χ4n) is 2.33. The Labute approximate surface area is 102 Å². The lowest BCUT2D eigenvalue weighted by Crippen LogP contribution is -2.34. The molecule has 1 fully saturated rings. The largest absolute Gasteiger partial charge is 0.497 e. The topological polar surface area (TPSA) is 56.5 Å². The zero-order chi connectivity index (χ0) is 12.3. The Balaban J connectivity index is 2.23. The van der Waals surface area contributed by atoms with Gasteiger partial charge in [-0.05, 0) is 25.5 Å². The van der Waals surface area contributed by atoms with Crippen LogP contribution in [0.3, 0.4) is 0 Å². The van der Waals surface area contributed by atoms with Gasteiger partial charge in [-0.3, -0.25) is 0 Å². The normalized spacial score (nSPS) is 21.2. The molecule has 1 aromatic rings. The summed E-state index contributed by atoms with van der Waals surface area (Å²) in [5.74, 6) is 1.59. The lowest BCUT2D eigenvalue weighted by Gasteiger charge is -2.22. The Hall–Kier alpha value is -1.26. The average molecular weight is 236 g/mol. The van der Waals surface area contributed by atoms with Crippen LogP contribution in [0.25, 0.3) is 0 Å². The highest BCUT2D eigenvalue weighted by Crippen LogP contribution is 2.31. The van der Waals surface area contributed by atoms with Crippen LogP contribution in [0.5, 0.6) is 11.5 Å². The van der Waals surface area contributed by atoms with E-state index >= 15 is 0 Å². The van der Waals surface area contributed by atoms with Gasteiger partial charge in [-0.2, -0.15) is 0 Å². The minimum absolute atomic E-state index is 0.0293. The van der Waals surface area contributed by atoms with Gasteiger partial charge in [-0.15, -0.1) is 0 Å². The maximum atomic E-state index is 6.28. The lowest BCUT2D eigenvalue weighted by atomic mass is 9.98. The number of nitrogens with two attached hydrogens (primary N) is 1. The molecule has 17 heavy (non-hydrogen) atoms. The summed E-state index contributed by atoms with van der Waals surface area (Å²) in [6.07, 6.45) is 2.31. The molecule has 2 atom stereocenters. The molecule has 94 valence electrons. The van der Waals surface area contributed by atoms with Crippen LogP contribution < -0.4 is 20.5 Å². The Morgan fingerprint density at radius 1 is 1.35 bits per heavy atom. The van der Waals surface area contributed by atoms with Crippen molar-refractivity contribution in [3.05, 3.63) is 23.8 Å². The molecule has 3 N–H and O–H groups in total. The molecule has 4 nitrogen and oxygen atoms in total. The summed E-state index contributed by atoms with van der Waals surface area (Å²) < 4.78 is 10.6. The van der Waals surface area contributed by atoms with Crippen molar-refractivity contribution in [2.75, 3.05) is 20.8 Å². The van der Waals surface area contributed by atoms with Crippen molar-refractivity contribution in [3.63, 3.8) is 0 Å². The third-order valence-electron chi connectivity index (χ3n) is 3.33. The Bertz CT molecular complexity index is 376. The number of methoxy groups -OCH3 is 2. The third kappa shape index (κ3) is 2.53. The average Bonchev–Trinajstić information content (AvgIpc) is 2.91. The molecule has 1 aliphatic heterocycles. The maximum Gasteiger partial charge on any atom is 0.127 e. The Morgan fingerprint density at radius 3 is 2.76 bits per heavy atom. The Kier molecular flexibility index (Phi) is 3.86. The highest BCUT2D eigenvalue weighted by molar-refractivity contribution is 5.43. The number of hydrogen-bond acceptors (Lipinski definition) is 4. The van der Waals surface area contributed by atoms with Crippen LogP contribution in [0.4, 0.5) is 0 Å². The molecule has 0 radical (unpaired) electrons. The van der Waals surface area contributed by atoms with E-state index < -0.39 is 0 Å². The van der Waals surface area contributed by atoms with E-state index in [-0.39, 0.29) is 6.04 Å². The number of rotatable bonds is 4. The first-order valence-electron chi connectivity index (χ1n) is 5.97. The first kappa shape index (κ1) is 12.2. The van der Waals surface area contributed by atoms with Crippen LogP contribution in [0.15, 0.2) is 18.2 Å². The van der Waals surface area contributed by atoms with Crippen molar-refractivity contribution in [2.45, 2.75) is 24.9 Å². The van der Waals surface area contributed by atoms with Gasteiger partial charge in [-0.1, -0.05) is 6.07 Å². The van der Waals surface area contributed by atoms with Crippen molar-refractivity contribution in [2.24, 2.45) is 5.73 Å². The molecule has 1 aliphatic rings. The first-order chi connectivity index (χ1) is 8.26. The van der Waals surface area contributed by atoms with Gasteiger partial charge in [0.15, 0.2) is 0 Å². The zero-order valence-electron chi connectivity index (χ0n) is 10.4. The molecule has 2 rings (SSSR count). The van der Waals surface area contributed by atoms with Crippen molar-refractivity contribution in [1.29, 1.82) is 0 Å². The van der Waals surface area contributed by atoms with Crippen LogP contribution in [0, 0.1) is 0 Å². The first-order valence-corrected chi connectivity index (χ1v) is 5.97. The molecule has 0 amide bonds. The van der Waals surface area contributed by atoms with Gasteiger partial charge in [0.2, 0.25) is 0 Å². The zero-order valence-corrected chi connectivity index (χ0v) is 10.4. The molecule has 1 aromatic carbocycles. The SMILES string of the molecule is COc1ccc(C(N)C2CCCN2)c(OC)c1. The molecule has 0 saturated carbocycles. The summed E-state index contributed by atoms with van der Waals surface area (Å²) in [5, 5.41) is 3.42. The van der Waals surface area contributed by atoms with Crippen LogP contribution >= 0.6 is 0 Å². The van der Waals surface area contributed by atoms with Crippen molar-refractivity contribution in [3.8, 4) is 11.5 Å². The van der Waals surface area contributed by atoms with Gasteiger partial charge >= 0.3 is 0 Å². The van der Waals surface area contributed by atoms with E-state index in [2.05, 4.69) is 5.32 Å². The lowest BCUT2D eigenvalue weighted by molar-refractivity contribution is 0.383. The van der Waals surface area contributed by atoms with E-state index in [0.29, 0.717) is 6.04 Å². The minimum atomic E-state index is -0.0293. The van der Waals surface area contributed by atoms with Gasteiger partial charge in [0.05, 0.1) is 14.2 Å². The van der Waals surface area contributed by atoms with Crippen molar-refractivity contribution < 1.29 is 9.47 Å². The minimum Gasteiger partial charge on any atom is -0.497 e. The second-order valence-corrected chi connectivity index (χ2v) is 4.34. The number of nitrogens with one attached hydrogen (secondary N) is 1. The summed E-state index contributed by atoms with van der Waals surface area (Å²) in [4.78, 5) is 0. The molecule has 1 heterocycles. The van der Waals surface area contributed by atoms with Crippen LogP contribution in [-0.4, -0.2) is 26.8 Å². The second kappa shape index (κ2) is 5.38.